The molecule has 1 atom stereocenters. The number of nitrogens with one attached hydrogen (secondary N) is 1. The van der Waals surface area contributed by atoms with E-state index in [-0.39, 0.29) is 6.04 Å². The Morgan fingerprint density at radius 3 is 2.46 bits per heavy atom. The molecule has 3 heteroatoms. The van der Waals surface area contributed by atoms with Crippen molar-refractivity contribution in [2.24, 2.45) is 0 Å². The minimum atomic E-state index is 0.246. The molecule has 0 fully saturated rings. The van der Waals surface area contributed by atoms with Gasteiger partial charge >= 0.3 is 0 Å². The number of rotatable bonds is 3. The first-order chi connectivity index (χ1) is 6.11. The fraction of sp³-hybridized carbons (Fsp3) is 0.400. The van der Waals surface area contributed by atoms with Crippen molar-refractivity contribution in [1.29, 1.82) is 0 Å². The summed E-state index contributed by atoms with van der Waals surface area (Å²) in [7, 11) is 3.94. The molecule has 1 rings (SSSR count). The minimum Gasteiger partial charge on any atom is -0.398 e. The van der Waals surface area contributed by atoms with E-state index >= 15 is 0 Å². The van der Waals surface area contributed by atoms with Crippen molar-refractivity contribution < 1.29 is 0 Å². The van der Waals surface area contributed by atoms with Gasteiger partial charge in [0, 0.05) is 25.8 Å². The standard InChI is InChI=1S/C10H17N3/c1-8(12-13(2)3)9-6-4-5-7-10(9)11/h4-8,12H,11H2,1-3H3. The number of hydrogen-bond donors (Lipinski definition) is 2. The lowest BCUT2D eigenvalue weighted by Gasteiger charge is -2.20. The molecule has 0 heterocycles. The molecule has 0 amide bonds. The molecule has 0 spiro atoms. The average molecular weight is 179 g/mol. The first-order valence-electron chi connectivity index (χ1n) is 4.39. The predicted molar refractivity (Wildman–Crippen MR) is 56.1 cm³/mol. The normalized spacial score (nSPS) is 13.2. The Kier molecular flexibility index (Phi) is 3.28. The molecule has 3 nitrogen and oxygen atoms in total. The van der Waals surface area contributed by atoms with Gasteiger partial charge in [0.05, 0.1) is 0 Å². The molecule has 0 aliphatic rings. The van der Waals surface area contributed by atoms with Gasteiger partial charge in [0.2, 0.25) is 0 Å². The number of anilines is 1. The van der Waals surface area contributed by atoms with Crippen molar-refractivity contribution >= 4 is 5.69 Å². The van der Waals surface area contributed by atoms with Crippen LogP contribution in [0.5, 0.6) is 0 Å². The lowest BCUT2D eigenvalue weighted by molar-refractivity contribution is 0.252. The smallest absolute Gasteiger partial charge is 0.0456 e. The van der Waals surface area contributed by atoms with E-state index < -0.39 is 0 Å². The Labute approximate surface area is 79.5 Å². The van der Waals surface area contributed by atoms with Gasteiger partial charge in [-0.15, -0.1) is 0 Å². The monoisotopic (exact) mass is 179 g/mol. The summed E-state index contributed by atoms with van der Waals surface area (Å²) in [6.45, 7) is 2.09. The van der Waals surface area contributed by atoms with Gasteiger partial charge in [-0.05, 0) is 18.6 Å². The molecule has 13 heavy (non-hydrogen) atoms. The largest absolute Gasteiger partial charge is 0.398 e. The van der Waals surface area contributed by atoms with Crippen LogP contribution < -0.4 is 11.2 Å². The molecule has 0 bridgehead atoms. The quantitative estimate of drug-likeness (QED) is 0.544. The van der Waals surface area contributed by atoms with Gasteiger partial charge < -0.3 is 5.73 Å². The molecule has 0 aromatic heterocycles. The zero-order valence-electron chi connectivity index (χ0n) is 8.41. The van der Waals surface area contributed by atoms with Gasteiger partial charge in [0.1, 0.15) is 0 Å². The Morgan fingerprint density at radius 1 is 1.31 bits per heavy atom. The summed E-state index contributed by atoms with van der Waals surface area (Å²) in [4.78, 5) is 0. The molecule has 1 aromatic carbocycles. The summed E-state index contributed by atoms with van der Waals surface area (Å²) in [6.07, 6.45) is 0. The van der Waals surface area contributed by atoms with E-state index in [1.807, 2.05) is 43.4 Å². The molecule has 0 radical (unpaired) electrons. The Hall–Kier alpha value is -1.06. The van der Waals surface area contributed by atoms with Gasteiger partial charge in [0.15, 0.2) is 0 Å². The number of para-hydroxylation sites is 1. The van der Waals surface area contributed by atoms with Gasteiger partial charge in [-0.3, -0.25) is 5.01 Å². The third kappa shape index (κ3) is 2.72. The van der Waals surface area contributed by atoms with E-state index in [2.05, 4.69) is 12.3 Å². The molecule has 0 aliphatic heterocycles. The van der Waals surface area contributed by atoms with Crippen molar-refractivity contribution in [2.45, 2.75) is 13.0 Å². The lowest BCUT2D eigenvalue weighted by Crippen LogP contribution is -2.33. The van der Waals surface area contributed by atoms with Crippen LogP contribution in [-0.2, 0) is 0 Å². The number of nitrogens with two attached hydrogens (primary N) is 1. The van der Waals surface area contributed by atoms with Crippen LogP contribution in [0.3, 0.4) is 0 Å². The molecule has 72 valence electrons. The average Bonchev–Trinajstić information content (AvgIpc) is 2.03. The summed E-state index contributed by atoms with van der Waals surface area (Å²) < 4.78 is 0. The molecule has 1 unspecified atom stereocenters. The van der Waals surface area contributed by atoms with E-state index in [1.165, 1.54) is 0 Å². The maximum absolute atomic E-state index is 5.84. The Morgan fingerprint density at radius 2 is 1.92 bits per heavy atom. The highest BCUT2D eigenvalue weighted by atomic mass is 15.5. The third-order valence-electron chi connectivity index (χ3n) is 1.91. The number of benzene rings is 1. The van der Waals surface area contributed by atoms with E-state index in [0.29, 0.717) is 0 Å². The molecule has 0 saturated carbocycles. The van der Waals surface area contributed by atoms with E-state index in [4.69, 9.17) is 5.73 Å². The number of nitrogens with zero attached hydrogens (tertiary/aromatic N) is 1. The molecular formula is C10H17N3. The molecule has 0 aliphatic carbocycles. The second-order valence-electron chi connectivity index (χ2n) is 3.37. The van der Waals surface area contributed by atoms with Crippen LogP contribution in [0.4, 0.5) is 5.69 Å². The zero-order valence-corrected chi connectivity index (χ0v) is 8.41. The van der Waals surface area contributed by atoms with Crippen molar-refractivity contribution in [3.63, 3.8) is 0 Å². The van der Waals surface area contributed by atoms with Crippen LogP contribution in [0.15, 0.2) is 24.3 Å². The Balaban J connectivity index is 2.76. The summed E-state index contributed by atoms with van der Waals surface area (Å²) in [5.41, 5.74) is 11.1. The topological polar surface area (TPSA) is 41.3 Å². The van der Waals surface area contributed by atoms with Crippen LogP contribution in [-0.4, -0.2) is 19.1 Å². The van der Waals surface area contributed by atoms with Crippen LogP contribution in [0.1, 0.15) is 18.5 Å². The van der Waals surface area contributed by atoms with E-state index in [1.54, 1.807) is 0 Å². The highest BCUT2D eigenvalue weighted by Gasteiger charge is 2.07. The molecule has 3 N–H and O–H groups in total. The van der Waals surface area contributed by atoms with Crippen LogP contribution in [0, 0.1) is 0 Å². The fourth-order valence-electron chi connectivity index (χ4n) is 1.36. The van der Waals surface area contributed by atoms with Crippen LogP contribution >= 0.6 is 0 Å². The van der Waals surface area contributed by atoms with Crippen molar-refractivity contribution in [2.75, 3.05) is 19.8 Å². The first kappa shape index (κ1) is 10.0. The SMILES string of the molecule is CC(NN(C)C)c1ccccc1N. The second-order valence-corrected chi connectivity index (χ2v) is 3.37. The zero-order chi connectivity index (χ0) is 9.84. The minimum absolute atomic E-state index is 0.246. The molecule has 0 saturated heterocycles. The lowest BCUT2D eigenvalue weighted by atomic mass is 10.1. The maximum atomic E-state index is 5.84. The van der Waals surface area contributed by atoms with Crippen molar-refractivity contribution in [3.8, 4) is 0 Å². The third-order valence-corrected chi connectivity index (χ3v) is 1.91. The highest BCUT2D eigenvalue weighted by Crippen LogP contribution is 2.18. The highest BCUT2D eigenvalue weighted by molar-refractivity contribution is 5.47. The summed E-state index contributed by atoms with van der Waals surface area (Å²) in [6, 6.07) is 8.15. The summed E-state index contributed by atoms with van der Waals surface area (Å²) in [5, 5.41) is 1.93. The second kappa shape index (κ2) is 4.25. The van der Waals surface area contributed by atoms with Gasteiger partial charge in [-0.2, -0.15) is 0 Å². The first-order valence-corrected chi connectivity index (χ1v) is 4.39. The number of hydrazine groups is 1. The van der Waals surface area contributed by atoms with Crippen molar-refractivity contribution in [1.82, 2.24) is 10.4 Å². The van der Waals surface area contributed by atoms with Gasteiger partial charge in [-0.1, -0.05) is 18.2 Å². The van der Waals surface area contributed by atoms with E-state index in [9.17, 15) is 0 Å². The van der Waals surface area contributed by atoms with Gasteiger partial charge in [0.25, 0.3) is 0 Å². The van der Waals surface area contributed by atoms with Crippen LogP contribution in [0.2, 0.25) is 0 Å². The maximum Gasteiger partial charge on any atom is 0.0456 e. The summed E-state index contributed by atoms with van der Waals surface area (Å²) >= 11 is 0. The van der Waals surface area contributed by atoms with E-state index in [0.717, 1.165) is 11.3 Å². The molecular weight excluding hydrogens is 162 g/mol. The number of nitrogen functional groups attached to an aromatic ring is 1. The Bertz CT molecular complexity index is 271. The summed E-state index contributed by atoms with van der Waals surface area (Å²) in [5.74, 6) is 0. The fourth-order valence-corrected chi connectivity index (χ4v) is 1.36. The van der Waals surface area contributed by atoms with Crippen LogP contribution in [0.25, 0.3) is 0 Å². The van der Waals surface area contributed by atoms with Gasteiger partial charge in [-0.25, -0.2) is 5.43 Å². The predicted octanol–water partition coefficient (Wildman–Crippen LogP) is 1.40. The molecule has 1 aromatic rings. The van der Waals surface area contributed by atoms with Crippen molar-refractivity contribution in [3.05, 3.63) is 29.8 Å². The number of hydrogen-bond acceptors (Lipinski definition) is 3.